The van der Waals surface area contributed by atoms with Crippen LogP contribution in [0.3, 0.4) is 0 Å². The first-order chi connectivity index (χ1) is 9.72. The first-order valence-electron chi connectivity index (χ1n) is 6.81. The molecule has 20 heavy (non-hydrogen) atoms. The van der Waals surface area contributed by atoms with Gasteiger partial charge in [0.15, 0.2) is 0 Å². The zero-order valence-electron chi connectivity index (χ0n) is 11.7. The van der Waals surface area contributed by atoms with Crippen molar-refractivity contribution >= 4 is 17.3 Å². The molecule has 0 aliphatic heterocycles. The number of benzene rings is 1. The maximum atomic E-state index is 6.34. The molecule has 0 amide bonds. The first-order valence-corrected chi connectivity index (χ1v) is 7.18. The Morgan fingerprint density at radius 2 is 2.00 bits per heavy atom. The standard InChI is InChI=1S/C16H20ClN3/c1-20(12-9-14-6-2-3-11-19-14)16-13(8-10-18)5-4-7-15(16)17/h2-7,11H,8-10,12,18H2,1H3. The predicted octanol–water partition coefficient (Wildman–Crippen LogP) is 2.92. The van der Waals surface area contributed by atoms with Crippen molar-refractivity contribution in [3.8, 4) is 0 Å². The van der Waals surface area contributed by atoms with Gasteiger partial charge in [0.05, 0.1) is 10.7 Å². The van der Waals surface area contributed by atoms with Gasteiger partial charge in [0.2, 0.25) is 0 Å². The molecule has 0 bridgehead atoms. The van der Waals surface area contributed by atoms with E-state index < -0.39 is 0 Å². The molecule has 0 aliphatic carbocycles. The molecule has 1 aromatic heterocycles. The normalized spacial score (nSPS) is 10.6. The van der Waals surface area contributed by atoms with E-state index >= 15 is 0 Å². The van der Waals surface area contributed by atoms with Gasteiger partial charge in [-0.05, 0) is 36.7 Å². The molecule has 1 heterocycles. The topological polar surface area (TPSA) is 42.2 Å². The van der Waals surface area contributed by atoms with Crippen LogP contribution in [0.25, 0.3) is 0 Å². The molecular weight excluding hydrogens is 270 g/mol. The van der Waals surface area contributed by atoms with Crippen molar-refractivity contribution in [1.82, 2.24) is 4.98 Å². The number of halogens is 1. The molecule has 0 fully saturated rings. The van der Waals surface area contributed by atoms with Crippen molar-refractivity contribution in [1.29, 1.82) is 0 Å². The summed E-state index contributed by atoms with van der Waals surface area (Å²) in [6.07, 6.45) is 3.55. The smallest absolute Gasteiger partial charge is 0.0642 e. The van der Waals surface area contributed by atoms with Gasteiger partial charge in [-0.1, -0.05) is 29.8 Å². The summed E-state index contributed by atoms with van der Waals surface area (Å²) in [5.41, 5.74) is 9.04. The third-order valence-electron chi connectivity index (χ3n) is 3.30. The van der Waals surface area contributed by atoms with Crippen LogP contribution in [-0.2, 0) is 12.8 Å². The second-order valence-electron chi connectivity index (χ2n) is 4.78. The van der Waals surface area contributed by atoms with E-state index in [1.807, 2.05) is 36.5 Å². The Bertz CT molecular complexity index is 543. The molecule has 0 aliphatic rings. The van der Waals surface area contributed by atoms with E-state index in [0.29, 0.717) is 6.54 Å². The summed E-state index contributed by atoms with van der Waals surface area (Å²) >= 11 is 6.34. The maximum absolute atomic E-state index is 6.34. The number of aromatic nitrogens is 1. The van der Waals surface area contributed by atoms with Gasteiger partial charge in [0, 0.05) is 31.9 Å². The van der Waals surface area contributed by atoms with Gasteiger partial charge < -0.3 is 10.6 Å². The zero-order valence-corrected chi connectivity index (χ0v) is 12.5. The SMILES string of the molecule is CN(CCc1ccccn1)c1c(Cl)cccc1CCN. The average molecular weight is 290 g/mol. The molecule has 0 spiro atoms. The lowest BCUT2D eigenvalue weighted by Gasteiger charge is -2.23. The van der Waals surface area contributed by atoms with Crippen molar-refractivity contribution in [2.24, 2.45) is 5.73 Å². The fourth-order valence-electron chi connectivity index (χ4n) is 2.28. The van der Waals surface area contributed by atoms with Crippen LogP contribution in [0.2, 0.25) is 5.02 Å². The summed E-state index contributed by atoms with van der Waals surface area (Å²) in [4.78, 5) is 6.53. The number of anilines is 1. The molecular formula is C16H20ClN3. The molecule has 0 atom stereocenters. The number of rotatable bonds is 6. The van der Waals surface area contributed by atoms with Crippen LogP contribution < -0.4 is 10.6 Å². The van der Waals surface area contributed by atoms with Crippen molar-refractivity contribution in [3.63, 3.8) is 0 Å². The van der Waals surface area contributed by atoms with Crippen molar-refractivity contribution < 1.29 is 0 Å². The summed E-state index contributed by atoms with van der Waals surface area (Å²) in [7, 11) is 2.06. The minimum absolute atomic E-state index is 0.626. The van der Waals surface area contributed by atoms with Gasteiger partial charge >= 0.3 is 0 Å². The molecule has 0 radical (unpaired) electrons. The highest BCUT2D eigenvalue weighted by Gasteiger charge is 2.11. The molecule has 2 rings (SSSR count). The summed E-state index contributed by atoms with van der Waals surface area (Å²) in [6.45, 7) is 1.50. The van der Waals surface area contributed by atoms with Gasteiger partial charge in [-0.2, -0.15) is 0 Å². The summed E-state index contributed by atoms with van der Waals surface area (Å²) < 4.78 is 0. The molecule has 0 saturated carbocycles. The number of nitrogens with two attached hydrogens (primary N) is 1. The molecule has 2 aromatic rings. The molecule has 1 aromatic carbocycles. The van der Waals surface area contributed by atoms with E-state index in [0.717, 1.165) is 35.8 Å². The van der Waals surface area contributed by atoms with Gasteiger partial charge in [-0.15, -0.1) is 0 Å². The van der Waals surface area contributed by atoms with E-state index in [2.05, 4.69) is 23.0 Å². The van der Waals surface area contributed by atoms with Gasteiger partial charge in [-0.25, -0.2) is 0 Å². The van der Waals surface area contributed by atoms with Crippen LogP contribution >= 0.6 is 11.6 Å². The van der Waals surface area contributed by atoms with Crippen LogP contribution in [0.5, 0.6) is 0 Å². The van der Waals surface area contributed by atoms with Crippen LogP contribution in [-0.4, -0.2) is 25.1 Å². The Balaban J connectivity index is 2.10. The number of hydrogen-bond donors (Lipinski definition) is 1. The summed E-state index contributed by atoms with van der Waals surface area (Å²) in [5, 5.41) is 0.777. The van der Waals surface area contributed by atoms with Crippen LogP contribution in [0.1, 0.15) is 11.3 Å². The van der Waals surface area contributed by atoms with Gasteiger partial charge in [0.1, 0.15) is 0 Å². The Morgan fingerprint density at radius 3 is 2.70 bits per heavy atom. The van der Waals surface area contributed by atoms with E-state index in [4.69, 9.17) is 17.3 Å². The third-order valence-corrected chi connectivity index (χ3v) is 3.60. The van der Waals surface area contributed by atoms with E-state index in [1.165, 1.54) is 5.56 Å². The van der Waals surface area contributed by atoms with Crippen molar-refractivity contribution in [2.45, 2.75) is 12.8 Å². The van der Waals surface area contributed by atoms with Crippen molar-refractivity contribution in [2.75, 3.05) is 25.0 Å². The van der Waals surface area contributed by atoms with Gasteiger partial charge in [0.25, 0.3) is 0 Å². The molecule has 3 nitrogen and oxygen atoms in total. The summed E-state index contributed by atoms with van der Waals surface area (Å²) in [6, 6.07) is 12.0. The minimum Gasteiger partial charge on any atom is -0.373 e. The molecule has 106 valence electrons. The lowest BCUT2D eigenvalue weighted by Crippen LogP contribution is -2.23. The zero-order chi connectivity index (χ0) is 14.4. The second kappa shape index (κ2) is 7.27. The lowest BCUT2D eigenvalue weighted by molar-refractivity contribution is 0.841. The number of hydrogen-bond acceptors (Lipinski definition) is 3. The largest absolute Gasteiger partial charge is 0.373 e. The molecule has 0 unspecified atom stereocenters. The fourth-order valence-corrected chi connectivity index (χ4v) is 2.62. The average Bonchev–Trinajstić information content (AvgIpc) is 2.46. The number of likely N-dealkylation sites (N-methyl/N-ethyl adjacent to an activating group) is 1. The quantitative estimate of drug-likeness (QED) is 0.889. The third kappa shape index (κ3) is 3.71. The Labute approximate surface area is 125 Å². The number of nitrogens with zero attached hydrogens (tertiary/aromatic N) is 2. The Kier molecular flexibility index (Phi) is 5.39. The van der Waals surface area contributed by atoms with Crippen LogP contribution in [0.4, 0.5) is 5.69 Å². The van der Waals surface area contributed by atoms with E-state index in [-0.39, 0.29) is 0 Å². The monoisotopic (exact) mass is 289 g/mol. The Hall–Kier alpha value is -1.58. The van der Waals surface area contributed by atoms with Gasteiger partial charge in [-0.3, -0.25) is 4.98 Å². The number of para-hydroxylation sites is 1. The van der Waals surface area contributed by atoms with Crippen molar-refractivity contribution in [3.05, 3.63) is 58.9 Å². The molecule has 0 saturated heterocycles. The number of pyridine rings is 1. The molecule has 4 heteroatoms. The second-order valence-corrected chi connectivity index (χ2v) is 5.19. The van der Waals surface area contributed by atoms with Crippen LogP contribution in [0, 0.1) is 0 Å². The Morgan fingerprint density at radius 1 is 1.15 bits per heavy atom. The highest BCUT2D eigenvalue weighted by molar-refractivity contribution is 6.33. The summed E-state index contributed by atoms with van der Waals surface area (Å²) in [5.74, 6) is 0. The highest BCUT2D eigenvalue weighted by Crippen LogP contribution is 2.29. The van der Waals surface area contributed by atoms with E-state index in [1.54, 1.807) is 0 Å². The van der Waals surface area contributed by atoms with Crippen LogP contribution in [0.15, 0.2) is 42.6 Å². The predicted molar refractivity (Wildman–Crippen MR) is 85.4 cm³/mol. The highest BCUT2D eigenvalue weighted by atomic mass is 35.5. The lowest BCUT2D eigenvalue weighted by atomic mass is 10.1. The fraction of sp³-hybridized carbons (Fsp3) is 0.312. The van der Waals surface area contributed by atoms with E-state index in [9.17, 15) is 0 Å². The first kappa shape index (κ1) is 14.8. The molecule has 2 N–H and O–H groups in total. The minimum atomic E-state index is 0.626. The maximum Gasteiger partial charge on any atom is 0.0642 e.